The Morgan fingerprint density at radius 2 is 1.58 bits per heavy atom. The van der Waals surface area contributed by atoms with Gasteiger partial charge < -0.3 is 10.0 Å². The molecule has 1 amide bonds. The molecule has 0 radical (unpaired) electrons. The van der Waals surface area contributed by atoms with Crippen molar-refractivity contribution in [1.29, 1.82) is 0 Å². The minimum atomic E-state index is -0.757. The Morgan fingerprint density at radius 1 is 1.00 bits per heavy atom. The first kappa shape index (κ1) is 19.4. The van der Waals surface area contributed by atoms with Gasteiger partial charge in [-0.25, -0.2) is 8.78 Å². The number of carbonyl (C=O) groups is 1. The Bertz CT molecular complexity index is 1230. The molecule has 1 aliphatic carbocycles. The standard InChI is InChI=1S/C23H19F2N3O3/c1-27-11-18(28-21(23(27)31)22(30)19(29)10-26-28)20-14-4-2-6-16(24)12(14)8-9-13-15(20)5-3-7-17(13)25/h2-7,10,18,20,30H,8-9,11H2,1H3/t18-/m0/s1. The van der Waals surface area contributed by atoms with Crippen LogP contribution in [0.15, 0.2) is 47.4 Å². The van der Waals surface area contributed by atoms with Crippen LogP contribution in [0.1, 0.15) is 44.7 Å². The second-order valence-electron chi connectivity index (χ2n) is 8.00. The van der Waals surface area contributed by atoms with Crippen molar-refractivity contribution in [2.75, 3.05) is 13.6 Å². The van der Waals surface area contributed by atoms with Gasteiger partial charge in [-0.1, -0.05) is 24.3 Å². The van der Waals surface area contributed by atoms with Gasteiger partial charge in [0.25, 0.3) is 5.91 Å². The first-order valence-electron chi connectivity index (χ1n) is 9.99. The van der Waals surface area contributed by atoms with E-state index in [9.17, 15) is 23.5 Å². The predicted octanol–water partition coefficient (Wildman–Crippen LogP) is 2.78. The van der Waals surface area contributed by atoms with E-state index in [1.54, 1.807) is 19.2 Å². The molecule has 5 rings (SSSR count). The van der Waals surface area contributed by atoms with Crippen LogP contribution in [0.2, 0.25) is 0 Å². The van der Waals surface area contributed by atoms with Gasteiger partial charge in [0.1, 0.15) is 11.6 Å². The number of amides is 1. The third-order valence-electron chi connectivity index (χ3n) is 6.30. The summed E-state index contributed by atoms with van der Waals surface area (Å²) in [6, 6.07) is 9.02. The van der Waals surface area contributed by atoms with Crippen LogP contribution >= 0.6 is 0 Å². The summed E-state index contributed by atoms with van der Waals surface area (Å²) < 4.78 is 30.9. The lowest BCUT2D eigenvalue weighted by atomic mass is 9.81. The molecule has 0 fully saturated rings. The van der Waals surface area contributed by atoms with E-state index in [0.29, 0.717) is 35.1 Å². The summed E-state index contributed by atoms with van der Waals surface area (Å²) in [7, 11) is 1.56. The lowest BCUT2D eigenvalue weighted by Gasteiger charge is -2.38. The zero-order chi connectivity index (χ0) is 21.9. The number of fused-ring (bicyclic) bond motifs is 3. The van der Waals surface area contributed by atoms with Crippen LogP contribution in [0, 0.1) is 11.6 Å². The van der Waals surface area contributed by atoms with Gasteiger partial charge in [-0.15, -0.1) is 0 Å². The van der Waals surface area contributed by atoms with E-state index in [4.69, 9.17) is 0 Å². The van der Waals surface area contributed by atoms with Crippen LogP contribution in [0.3, 0.4) is 0 Å². The molecule has 0 saturated carbocycles. The highest BCUT2D eigenvalue weighted by Gasteiger charge is 2.41. The number of carbonyl (C=O) groups excluding carboxylic acids is 1. The Labute approximate surface area is 176 Å². The van der Waals surface area contributed by atoms with Crippen molar-refractivity contribution in [1.82, 2.24) is 14.7 Å². The van der Waals surface area contributed by atoms with E-state index < -0.39 is 29.0 Å². The van der Waals surface area contributed by atoms with Crippen LogP contribution in [0.25, 0.3) is 0 Å². The molecule has 0 spiro atoms. The molecular weight excluding hydrogens is 404 g/mol. The first-order chi connectivity index (χ1) is 14.9. The number of hydrogen-bond acceptors (Lipinski definition) is 4. The minimum Gasteiger partial charge on any atom is -0.502 e. The first-order valence-corrected chi connectivity index (χ1v) is 9.99. The highest BCUT2D eigenvalue weighted by molar-refractivity contribution is 5.95. The summed E-state index contributed by atoms with van der Waals surface area (Å²) in [4.78, 5) is 26.1. The summed E-state index contributed by atoms with van der Waals surface area (Å²) in [5, 5.41) is 14.5. The van der Waals surface area contributed by atoms with Crippen molar-refractivity contribution in [3.05, 3.63) is 92.4 Å². The summed E-state index contributed by atoms with van der Waals surface area (Å²) in [5.74, 6) is -2.49. The van der Waals surface area contributed by atoms with Crippen LogP contribution < -0.4 is 5.43 Å². The van der Waals surface area contributed by atoms with Gasteiger partial charge in [-0.3, -0.25) is 14.3 Å². The fourth-order valence-electron chi connectivity index (χ4n) is 4.87. The van der Waals surface area contributed by atoms with E-state index in [1.807, 2.05) is 12.1 Å². The van der Waals surface area contributed by atoms with Crippen molar-refractivity contribution in [2.45, 2.75) is 24.8 Å². The molecule has 1 atom stereocenters. The van der Waals surface area contributed by atoms with Crippen molar-refractivity contribution >= 4 is 5.91 Å². The maximum absolute atomic E-state index is 14.8. The van der Waals surface area contributed by atoms with Gasteiger partial charge in [0.2, 0.25) is 5.43 Å². The van der Waals surface area contributed by atoms with Gasteiger partial charge in [-0.05, 0) is 47.2 Å². The lowest BCUT2D eigenvalue weighted by molar-refractivity contribution is 0.0686. The van der Waals surface area contributed by atoms with Gasteiger partial charge in [0.05, 0.1) is 12.2 Å². The van der Waals surface area contributed by atoms with Crippen LogP contribution in [0.4, 0.5) is 8.78 Å². The fourth-order valence-corrected chi connectivity index (χ4v) is 4.87. The Kier molecular flexibility index (Phi) is 4.39. The molecule has 3 aromatic rings. The predicted molar refractivity (Wildman–Crippen MR) is 108 cm³/mol. The fraction of sp³-hybridized carbons (Fsp3) is 0.261. The number of aromatic nitrogens is 2. The molecular formula is C23H19F2N3O3. The number of nitrogens with zero attached hydrogens (tertiary/aromatic N) is 3. The Morgan fingerprint density at radius 3 is 2.16 bits per heavy atom. The Hall–Kier alpha value is -3.55. The van der Waals surface area contributed by atoms with Crippen molar-refractivity contribution in [3.8, 4) is 5.75 Å². The second kappa shape index (κ2) is 7.01. The van der Waals surface area contributed by atoms with Gasteiger partial charge >= 0.3 is 0 Å². The number of halogens is 2. The largest absolute Gasteiger partial charge is 0.502 e. The molecule has 1 aliphatic heterocycles. The number of rotatable bonds is 1. The van der Waals surface area contributed by atoms with Crippen LogP contribution in [0.5, 0.6) is 5.75 Å². The maximum Gasteiger partial charge on any atom is 0.275 e. The quantitative estimate of drug-likeness (QED) is 0.653. The zero-order valence-corrected chi connectivity index (χ0v) is 16.7. The Balaban J connectivity index is 1.82. The van der Waals surface area contributed by atoms with Crippen LogP contribution in [-0.2, 0) is 12.8 Å². The third-order valence-corrected chi connectivity index (χ3v) is 6.30. The molecule has 2 aromatic carbocycles. The third kappa shape index (κ3) is 2.85. The monoisotopic (exact) mass is 423 g/mol. The van der Waals surface area contributed by atoms with E-state index in [2.05, 4.69) is 5.10 Å². The summed E-state index contributed by atoms with van der Waals surface area (Å²) in [5.41, 5.74) is 1.38. The number of aromatic hydroxyl groups is 1. The summed E-state index contributed by atoms with van der Waals surface area (Å²) in [6.07, 6.45) is 1.63. The molecule has 6 nitrogen and oxygen atoms in total. The number of likely N-dealkylation sites (N-methyl/N-ethyl adjacent to an activating group) is 1. The molecule has 1 aromatic heterocycles. The zero-order valence-electron chi connectivity index (χ0n) is 16.7. The second-order valence-corrected chi connectivity index (χ2v) is 8.00. The summed E-state index contributed by atoms with van der Waals surface area (Å²) >= 11 is 0. The molecule has 0 unspecified atom stereocenters. The molecule has 0 saturated heterocycles. The SMILES string of the molecule is CN1C[C@@H](C2c3cccc(F)c3CCc3c(F)cccc32)n2ncc(=O)c(O)c2C1=O. The van der Waals surface area contributed by atoms with E-state index in [-0.39, 0.29) is 23.9 Å². The molecule has 0 bridgehead atoms. The minimum absolute atomic E-state index is 0.192. The highest BCUT2D eigenvalue weighted by Crippen LogP contribution is 2.44. The number of benzene rings is 2. The van der Waals surface area contributed by atoms with Gasteiger partial charge in [-0.2, -0.15) is 5.10 Å². The molecule has 2 heterocycles. The maximum atomic E-state index is 14.8. The highest BCUT2D eigenvalue weighted by atomic mass is 19.1. The average molecular weight is 423 g/mol. The lowest BCUT2D eigenvalue weighted by Crippen LogP contribution is -2.45. The summed E-state index contributed by atoms with van der Waals surface area (Å²) in [6.45, 7) is 0.192. The molecule has 31 heavy (non-hydrogen) atoms. The van der Waals surface area contributed by atoms with Crippen molar-refractivity contribution < 1.29 is 18.7 Å². The van der Waals surface area contributed by atoms with Crippen LogP contribution in [-0.4, -0.2) is 39.3 Å². The van der Waals surface area contributed by atoms with E-state index in [0.717, 1.165) is 6.20 Å². The molecule has 158 valence electrons. The average Bonchev–Trinajstić information content (AvgIpc) is 2.91. The normalized spacial score (nSPS) is 18.2. The number of hydrogen-bond donors (Lipinski definition) is 1. The molecule has 1 N–H and O–H groups in total. The van der Waals surface area contributed by atoms with E-state index in [1.165, 1.54) is 21.7 Å². The molecule has 2 aliphatic rings. The smallest absolute Gasteiger partial charge is 0.275 e. The van der Waals surface area contributed by atoms with Crippen molar-refractivity contribution in [2.24, 2.45) is 0 Å². The van der Waals surface area contributed by atoms with Crippen molar-refractivity contribution in [3.63, 3.8) is 0 Å². The van der Waals surface area contributed by atoms with Gasteiger partial charge in [0.15, 0.2) is 11.4 Å². The molecule has 8 heteroatoms. The topological polar surface area (TPSA) is 75.4 Å². The van der Waals surface area contributed by atoms with Gasteiger partial charge in [0, 0.05) is 19.5 Å². The van der Waals surface area contributed by atoms with E-state index >= 15 is 0 Å².